The summed E-state index contributed by atoms with van der Waals surface area (Å²) in [6.07, 6.45) is 2.23. The van der Waals surface area contributed by atoms with Crippen molar-refractivity contribution in [3.63, 3.8) is 0 Å². The van der Waals surface area contributed by atoms with Crippen LogP contribution in [0.2, 0.25) is 0 Å². The van der Waals surface area contributed by atoms with Gasteiger partial charge >= 0.3 is 0 Å². The van der Waals surface area contributed by atoms with E-state index in [0.29, 0.717) is 18.2 Å². The van der Waals surface area contributed by atoms with Crippen LogP contribution in [0.25, 0.3) is 0 Å². The average Bonchev–Trinajstić information content (AvgIpc) is 2.88. The Morgan fingerprint density at radius 1 is 1.15 bits per heavy atom. The molecule has 2 aromatic carbocycles. The van der Waals surface area contributed by atoms with Crippen LogP contribution in [0.15, 0.2) is 48.5 Å². The molecule has 1 aliphatic carbocycles. The molecule has 1 aliphatic rings. The quantitative estimate of drug-likeness (QED) is 0.893. The van der Waals surface area contributed by atoms with Crippen LogP contribution >= 0.6 is 0 Å². The van der Waals surface area contributed by atoms with Gasteiger partial charge in [0.2, 0.25) is 5.91 Å². The molecular weight excluding hydrogens is 248 g/mol. The molecule has 0 saturated heterocycles. The van der Waals surface area contributed by atoms with Crippen LogP contribution in [0.3, 0.4) is 0 Å². The standard InChI is InChI=1S/C17H18N2O/c18-17(20)15-8-4-2-6-13(15)11-19-16-10-9-12-5-1-3-7-14(12)16/h1-8,16,19H,9-11H2,(H2,18,20). The fourth-order valence-corrected chi connectivity index (χ4v) is 2.92. The predicted octanol–water partition coefficient (Wildman–Crippen LogP) is 2.56. The van der Waals surface area contributed by atoms with Crippen LogP contribution in [0.1, 0.15) is 39.5 Å². The molecule has 102 valence electrons. The summed E-state index contributed by atoms with van der Waals surface area (Å²) in [5.41, 5.74) is 9.78. The minimum Gasteiger partial charge on any atom is -0.366 e. The minimum absolute atomic E-state index is 0.366. The Bertz CT molecular complexity index is 636. The number of primary amides is 1. The summed E-state index contributed by atoms with van der Waals surface area (Å²) in [6.45, 7) is 0.665. The number of nitrogens with two attached hydrogens (primary N) is 1. The summed E-state index contributed by atoms with van der Waals surface area (Å²) in [5.74, 6) is -0.366. The number of rotatable bonds is 4. The number of nitrogens with one attached hydrogen (secondary N) is 1. The van der Waals surface area contributed by atoms with Gasteiger partial charge < -0.3 is 11.1 Å². The molecule has 1 unspecified atom stereocenters. The van der Waals surface area contributed by atoms with Crippen LogP contribution in [0.5, 0.6) is 0 Å². The highest BCUT2D eigenvalue weighted by atomic mass is 16.1. The second-order valence-electron chi connectivity index (χ2n) is 5.19. The number of amides is 1. The number of aryl methyl sites for hydroxylation is 1. The predicted molar refractivity (Wildman–Crippen MR) is 79.3 cm³/mol. The number of carbonyl (C=O) groups excluding carboxylic acids is 1. The van der Waals surface area contributed by atoms with Crippen LogP contribution < -0.4 is 11.1 Å². The van der Waals surface area contributed by atoms with Gasteiger partial charge in [0, 0.05) is 18.2 Å². The molecule has 1 atom stereocenters. The Labute approximate surface area is 118 Å². The lowest BCUT2D eigenvalue weighted by atomic mass is 10.1. The van der Waals surface area contributed by atoms with Gasteiger partial charge in [0.1, 0.15) is 0 Å². The topological polar surface area (TPSA) is 55.1 Å². The fraction of sp³-hybridized carbons (Fsp3) is 0.235. The van der Waals surface area contributed by atoms with Gasteiger partial charge in [-0.2, -0.15) is 0 Å². The summed E-state index contributed by atoms with van der Waals surface area (Å²) in [4.78, 5) is 11.4. The van der Waals surface area contributed by atoms with Gasteiger partial charge in [-0.1, -0.05) is 42.5 Å². The van der Waals surface area contributed by atoms with Crippen molar-refractivity contribution in [3.05, 3.63) is 70.8 Å². The largest absolute Gasteiger partial charge is 0.366 e. The molecule has 0 aliphatic heterocycles. The molecule has 1 amide bonds. The molecule has 0 heterocycles. The zero-order chi connectivity index (χ0) is 13.9. The summed E-state index contributed by atoms with van der Waals surface area (Å²) in [6, 6.07) is 16.4. The fourth-order valence-electron chi connectivity index (χ4n) is 2.92. The Hall–Kier alpha value is -2.13. The number of hydrogen-bond donors (Lipinski definition) is 2. The average molecular weight is 266 g/mol. The highest BCUT2D eigenvalue weighted by Gasteiger charge is 2.21. The van der Waals surface area contributed by atoms with Crippen LogP contribution in [-0.4, -0.2) is 5.91 Å². The molecule has 3 N–H and O–H groups in total. The molecule has 3 rings (SSSR count). The maximum absolute atomic E-state index is 11.4. The van der Waals surface area contributed by atoms with E-state index < -0.39 is 0 Å². The lowest BCUT2D eigenvalue weighted by Gasteiger charge is -2.15. The zero-order valence-electron chi connectivity index (χ0n) is 11.3. The third kappa shape index (κ3) is 2.45. The van der Waals surface area contributed by atoms with E-state index in [2.05, 4.69) is 29.6 Å². The molecule has 20 heavy (non-hydrogen) atoms. The highest BCUT2D eigenvalue weighted by Crippen LogP contribution is 2.30. The van der Waals surface area contributed by atoms with Crippen molar-refractivity contribution in [1.29, 1.82) is 0 Å². The van der Waals surface area contributed by atoms with Crippen LogP contribution in [-0.2, 0) is 13.0 Å². The maximum atomic E-state index is 11.4. The van der Waals surface area contributed by atoms with Crippen molar-refractivity contribution < 1.29 is 4.79 Å². The molecule has 0 fully saturated rings. The second kappa shape index (κ2) is 5.47. The van der Waals surface area contributed by atoms with E-state index in [-0.39, 0.29) is 5.91 Å². The van der Waals surface area contributed by atoms with Crippen molar-refractivity contribution in [2.45, 2.75) is 25.4 Å². The van der Waals surface area contributed by atoms with Gasteiger partial charge in [0.25, 0.3) is 0 Å². The van der Waals surface area contributed by atoms with Gasteiger partial charge in [-0.3, -0.25) is 4.79 Å². The van der Waals surface area contributed by atoms with Gasteiger partial charge in [0.05, 0.1) is 0 Å². The molecule has 0 saturated carbocycles. The third-order valence-electron chi connectivity index (χ3n) is 3.95. The maximum Gasteiger partial charge on any atom is 0.249 e. The monoisotopic (exact) mass is 266 g/mol. The van der Waals surface area contributed by atoms with Crippen molar-refractivity contribution >= 4 is 5.91 Å². The minimum atomic E-state index is -0.366. The molecular formula is C17H18N2O. The lowest BCUT2D eigenvalue weighted by Crippen LogP contribution is -2.22. The van der Waals surface area contributed by atoms with Crippen molar-refractivity contribution in [1.82, 2.24) is 5.32 Å². The highest BCUT2D eigenvalue weighted by molar-refractivity contribution is 5.94. The van der Waals surface area contributed by atoms with E-state index in [1.54, 1.807) is 6.07 Å². The Balaban J connectivity index is 1.74. The van der Waals surface area contributed by atoms with Crippen LogP contribution in [0.4, 0.5) is 0 Å². The number of fused-ring (bicyclic) bond motifs is 1. The Kier molecular flexibility index (Phi) is 3.52. The molecule has 0 bridgehead atoms. The summed E-state index contributed by atoms with van der Waals surface area (Å²) in [7, 11) is 0. The van der Waals surface area contributed by atoms with Gasteiger partial charge in [-0.15, -0.1) is 0 Å². The van der Waals surface area contributed by atoms with E-state index in [0.717, 1.165) is 18.4 Å². The summed E-state index contributed by atoms with van der Waals surface area (Å²) < 4.78 is 0. The van der Waals surface area contributed by atoms with Gasteiger partial charge in [-0.25, -0.2) is 0 Å². The summed E-state index contributed by atoms with van der Waals surface area (Å²) >= 11 is 0. The normalized spacial score (nSPS) is 16.9. The first kappa shape index (κ1) is 12.9. The first-order valence-electron chi connectivity index (χ1n) is 6.94. The van der Waals surface area contributed by atoms with Crippen molar-refractivity contribution in [2.75, 3.05) is 0 Å². The Morgan fingerprint density at radius 3 is 2.75 bits per heavy atom. The number of carbonyl (C=O) groups is 1. The van der Waals surface area contributed by atoms with Crippen LogP contribution in [0, 0.1) is 0 Å². The van der Waals surface area contributed by atoms with E-state index in [9.17, 15) is 4.79 Å². The van der Waals surface area contributed by atoms with Crippen molar-refractivity contribution in [3.8, 4) is 0 Å². The first-order valence-corrected chi connectivity index (χ1v) is 6.94. The third-order valence-corrected chi connectivity index (χ3v) is 3.95. The van der Waals surface area contributed by atoms with Crippen molar-refractivity contribution in [2.24, 2.45) is 5.73 Å². The van der Waals surface area contributed by atoms with E-state index in [1.165, 1.54) is 11.1 Å². The van der Waals surface area contributed by atoms with Gasteiger partial charge in [-0.05, 0) is 35.6 Å². The first-order chi connectivity index (χ1) is 9.75. The van der Waals surface area contributed by atoms with E-state index >= 15 is 0 Å². The molecule has 3 nitrogen and oxygen atoms in total. The molecule has 0 radical (unpaired) electrons. The zero-order valence-corrected chi connectivity index (χ0v) is 11.3. The van der Waals surface area contributed by atoms with E-state index in [4.69, 9.17) is 5.73 Å². The Morgan fingerprint density at radius 2 is 1.90 bits per heavy atom. The van der Waals surface area contributed by atoms with Gasteiger partial charge in [0.15, 0.2) is 0 Å². The lowest BCUT2D eigenvalue weighted by molar-refractivity contribution is 0.0999. The summed E-state index contributed by atoms with van der Waals surface area (Å²) in [5, 5.41) is 3.54. The molecule has 2 aromatic rings. The number of hydrogen-bond acceptors (Lipinski definition) is 2. The number of benzene rings is 2. The molecule has 0 aromatic heterocycles. The smallest absolute Gasteiger partial charge is 0.249 e. The second-order valence-corrected chi connectivity index (χ2v) is 5.19. The molecule has 0 spiro atoms. The SMILES string of the molecule is NC(=O)c1ccccc1CNC1CCc2ccccc21. The molecule has 3 heteroatoms. The van der Waals surface area contributed by atoms with E-state index in [1.807, 2.05) is 18.2 Å².